The maximum Gasteiger partial charge on any atom is 0.151 e. The minimum Gasteiger partial charge on any atom is -0.331 e. The second-order valence-electron chi connectivity index (χ2n) is 9.57. The van der Waals surface area contributed by atoms with Crippen LogP contribution in [0, 0.1) is 12.3 Å². The van der Waals surface area contributed by atoms with Crippen molar-refractivity contribution in [1.82, 2.24) is 24.3 Å². The van der Waals surface area contributed by atoms with Crippen LogP contribution in [-0.2, 0) is 18.5 Å². The number of benzene rings is 1. The Bertz CT molecular complexity index is 1060. The molecule has 0 spiro atoms. The van der Waals surface area contributed by atoms with E-state index in [-0.39, 0.29) is 0 Å². The average Bonchev–Trinajstić information content (AvgIpc) is 3.18. The predicted octanol–water partition coefficient (Wildman–Crippen LogP) is 4.87. The van der Waals surface area contributed by atoms with Crippen LogP contribution in [0.4, 0.5) is 0 Å². The van der Waals surface area contributed by atoms with Gasteiger partial charge in [0.05, 0.1) is 12.0 Å². The molecule has 29 heavy (non-hydrogen) atoms. The highest BCUT2D eigenvalue weighted by molar-refractivity contribution is 6.30. The van der Waals surface area contributed by atoms with Gasteiger partial charge in [-0.3, -0.25) is 0 Å². The summed E-state index contributed by atoms with van der Waals surface area (Å²) in [6.45, 7) is 3.04. The van der Waals surface area contributed by atoms with Crippen LogP contribution >= 0.6 is 11.6 Å². The molecule has 3 aliphatic carbocycles. The molecule has 7 rings (SSSR count). The van der Waals surface area contributed by atoms with E-state index in [1.165, 1.54) is 37.7 Å². The van der Waals surface area contributed by atoms with Crippen LogP contribution in [0.3, 0.4) is 0 Å². The minimum atomic E-state index is 0.297. The van der Waals surface area contributed by atoms with E-state index in [0.29, 0.717) is 16.9 Å². The molecular weight excluding hydrogens is 382 g/mol. The van der Waals surface area contributed by atoms with Gasteiger partial charge in [-0.1, -0.05) is 30.2 Å². The Balaban J connectivity index is 1.23. The van der Waals surface area contributed by atoms with E-state index >= 15 is 0 Å². The molecular formula is C23H26ClN5. The van der Waals surface area contributed by atoms with Gasteiger partial charge in [0.15, 0.2) is 5.82 Å². The van der Waals surface area contributed by atoms with Crippen molar-refractivity contribution in [2.45, 2.75) is 69.9 Å². The van der Waals surface area contributed by atoms with Gasteiger partial charge in [0.2, 0.25) is 0 Å². The Morgan fingerprint density at radius 1 is 1.21 bits per heavy atom. The van der Waals surface area contributed by atoms with Gasteiger partial charge in [-0.25, -0.2) is 14.6 Å². The first-order chi connectivity index (χ1) is 14.0. The number of nitrogens with zero attached hydrogens (tertiary/aromatic N) is 5. The first kappa shape index (κ1) is 17.7. The quantitative estimate of drug-likeness (QED) is 0.619. The van der Waals surface area contributed by atoms with Crippen molar-refractivity contribution in [2.24, 2.45) is 5.41 Å². The summed E-state index contributed by atoms with van der Waals surface area (Å²) in [6, 6.07) is 8.26. The maximum atomic E-state index is 6.27. The summed E-state index contributed by atoms with van der Waals surface area (Å²) in [5, 5.41) is 5.75. The number of aryl methyl sites for hydroxylation is 2. The molecule has 3 heterocycles. The molecule has 150 valence electrons. The van der Waals surface area contributed by atoms with E-state index in [1.54, 1.807) is 0 Å². The van der Waals surface area contributed by atoms with Crippen molar-refractivity contribution in [1.29, 1.82) is 0 Å². The standard InChI is InChI=1S/C23H26ClN5/c1-16-11-28(15-25-16)23-12-22(13-23,14-23)10-20-26-21-19(7-2-3-8-29(21)27-20)17-5-4-6-18(24)9-17/h4-6,9,11,15,19H,2-3,7-8,10,12-14H2,1H3. The fourth-order valence-corrected chi connectivity index (χ4v) is 6.29. The Hall–Kier alpha value is -2.14. The van der Waals surface area contributed by atoms with E-state index in [4.69, 9.17) is 21.7 Å². The smallest absolute Gasteiger partial charge is 0.151 e. The van der Waals surface area contributed by atoms with Crippen molar-refractivity contribution in [3.05, 3.63) is 64.7 Å². The number of aromatic nitrogens is 5. The lowest BCUT2D eigenvalue weighted by Crippen LogP contribution is -2.68. The van der Waals surface area contributed by atoms with E-state index in [2.05, 4.69) is 39.5 Å². The molecule has 2 aromatic heterocycles. The van der Waals surface area contributed by atoms with Gasteiger partial charge in [-0.15, -0.1) is 0 Å². The summed E-state index contributed by atoms with van der Waals surface area (Å²) in [6.07, 6.45) is 12.4. The maximum absolute atomic E-state index is 6.27. The van der Waals surface area contributed by atoms with Crippen molar-refractivity contribution in [3.63, 3.8) is 0 Å². The van der Waals surface area contributed by atoms with Crippen molar-refractivity contribution < 1.29 is 0 Å². The van der Waals surface area contributed by atoms with E-state index in [1.807, 2.05) is 18.5 Å². The molecule has 0 amide bonds. The lowest BCUT2D eigenvalue weighted by atomic mass is 9.38. The zero-order chi connectivity index (χ0) is 19.6. The Kier molecular flexibility index (Phi) is 3.77. The molecule has 1 aromatic carbocycles. The molecule has 0 N–H and O–H groups in total. The fraction of sp³-hybridized carbons (Fsp3) is 0.522. The number of hydrogen-bond donors (Lipinski definition) is 0. The van der Waals surface area contributed by atoms with Crippen LogP contribution in [0.1, 0.15) is 67.3 Å². The van der Waals surface area contributed by atoms with Crippen LogP contribution in [0.5, 0.6) is 0 Å². The Labute approximate surface area is 176 Å². The lowest BCUT2D eigenvalue weighted by molar-refractivity contribution is -0.187. The number of halogens is 1. The van der Waals surface area contributed by atoms with Crippen molar-refractivity contribution >= 4 is 11.6 Å². The molecule has 5 nitrogen and oxygen atoms in total. The molecule has 0 saturated heterocycles. The zero-order valence-corrected chi connectivity index (χ0v) is 17.6. The molecule has 6 heteroatoms. The van der Waals surface area contributed by atoms with Gasteiger partial charge in [0.1, 0.15) is 5.82 Å². The third-order valence-corrected chi connectivity index (χ3v) is 7.56. The second kappa shape index (κ2) is 6.18. The van der Waals surface area contributed by atoms with Crippen LogP contribution in [0.25, 0.3) is 0 Å². The molecule has 3 saturated carbocycles. The van der Waals surface area contributed by atoms with Gasteiger partial charge in [0.25, 0.3) is 0 Å². The van der Waals surface area contributed by atoms with Gasteiger partial charge in [-0.2, -0.15) is 5.10 Å². The van der Waals surface area contributed by atoms with E-state index in [0.717, 1.165) is 41.8 Å². The van der Waals surface area contributed by atoms with Crippen LogP contribution in [0.15, 0.2) is 36.8 Å². The third-order valence-electron chi connectivity index (χ3n) is 7.32. The van der Waals surface area contributed by atoms with E-state index < -0.39 is 0 Å². The molecule has 2 bridgehead atoms. The lowest BCUT2D eigenvalue weighted by Gasteiger charge is -2.71. The molecule has 4 aliphatic rings. The summed E-state index contributed by atoms with van der Waals surface area (Å²) in [5.41, 5.74) is 3.09. The molecule has 1 unspecified atom stereocenters. The van der Waals surface area contributed by atoms with Crippen LogP contribution in [-0.4, -0.2) is 24.3 Å². The topological polar surface area (TPSA) is 48.5 Å². The fourth-order valence-electron chi connectivity index (χ4n) is 6.09. The van der Waals surface area contributed by atoms with Gasteiger partial charge >= 0.3 is 0 Å². The second-order valence-corrected chi connectivity index (χ2v) is 10.0. The highest BCUT2D eigenvalue weighted by atomic mass is 35.5. The Morgan fingerprint density at radius 3 is 2.83 bits per heavy atom. The number of imidazole rings is 1. The molecule has 1 aliphatic heterocycles. The SMILES string of the molecule is Cc1cn(C23CC(Cc4nc5n(n4)CCCCC5c4cccc(Cl)c4)(C2)C3)cn1. The summed E-state index contributed by atoms with van der Waals surface area (Å²) in [7, 11) is 0. The number of rotatable bonds is 4. The van der Waals surface area contributed by atoms with Crippen LogP contribution < -0.4 is 0 Å². The normalized spacial score (nSPS) is 30.2. The summed E-state index contributed by atoms with van der Waals surface area (Å²) in [5.74, 6) is 2.46. The highest BCUT2D eigenvalue weighted by Crippen LogP contribution is 2.72. The van der Waals surface area contributed by atoms with Gasteiger partial charge in [0, 0.05) is 35.6 Å². The monoisotopic (exact) mass is 407 g/mol. The van der Waals surface area contributed by atoms with Gasteiger partial charge in [-0.05, 0) is 62.1 Å². The highest BCUT2D eigenvalue weighted by Gasteiger charge is 2.68. The molecule has 3 aromatic rings. The van der Waals surface area contributed by atoms with Gasteiger partial charge < -0.3 is 4.57 Å². The molecule has 0 radical (unpaired) electrons. The van der Waals surface area contributed by atoms with E-state index in [9.17, 15) is 0 Å². The molecule has 3 fully saturated rings. The third kappa shape index (κ3) is 2.77. The number of fused-ring (bicyclic) bond motifs is 1. The summed E-state index contributed by atoms with van der Waals surface area (Å²) >= 11 is 6.27. The van der Waals surface area contributed by atoms with Crippen molar-refractivity contribution in [3.8, 4) is 0 Å². The average molecular weight is 408 g/mol. The zero-order valence-electron chi connectivity index (χ0n) is 16.8. The molecule has 1 atom stereocenters. The Morgan fingerprint density at radius 2 is 2.07 bits per heavy atom. The van der Waals surface area contributed by atoms with Crippen molar-refractivity contribution in [2.75, 3.05) is 0 Å². The summed E-state index contributed by atoms with van der Waals surface area (Å²) in [4.78, 5) is 9.50. The summed E-state index contributed by atoms with van der Waals surface area (Å²) < 4.78 is 4.52. The predicted molar refractivity (Wildman–Crippen MR) is 112 cm³/mol. The first-order valence-corrected chi connectivity index (χ1v) is 11.1. The first-order valence-electron chi connectivity index (χ1n) is 10.7. The largest absolute Gasteiger partial charge is 0.331 e. The van der Waals surface area contributed by atoms with Crippen LogP contribution in [0.2, 0.25) is 5.02 Å². The minimum absolute atomic E-state index is 0.297. The number of hydrogen-bond acceptors (Lipinski definition) is 3.